The van der Waals surface area contributed by atoms with E-state index >= 15 is 0 Å². The number of nitrogens with zero attached hydrogens (tertiary/aromatic N) is 1. The molecule has 1 aromatic heterocycles. The number of carbonyl (C=O) groups excluding carboxylic acids is 2. The molecule has 3 rings (SSSR count). The van der Waals surface area contributed by atoms with Gasteiger partial charge in [0, 0.05) is 47.0 Å². The number of aliphatic hydroxyl groups is 1. The van der Waals surface area contributed by atoms with Crippen molar-refractivity contribution in [3.05, 3.63) is 66.1 Å². The van der Waals surface area contributed by atoms with Crippen molar-refractivity contribution in [1.29, 1.82) is 0 Å². The number of hydrogen-bond donors (Lipinski definition) is 1. The summed E-state index contributed by atoms with van der Waals surface area (Å²) in [5.41, 5.74) is 3.52. The van der Waals surface area contributed by atoms with Gasteiger partial charge in [0.05, 0.1) is 6.10 Å². The minimum Gasteiger partial charge on any atom is -0.550 e. The van der Waals surface area contributed by atoms with E-state index in [1.54, 1.807) is 18.2 Å². The van der Waals surface area contributed by atoms with Crippen molar-refractivity contribution in [1.82, 2.24) is 4.57 Å². The summed E-state index contributed by atoms with van der Waals surface area (Å²) in [6.45, 7) is 4.08. The van der Waals surface area contributed by atoms with Crippen LogP contribution in [-0.4, -0.2) is 27.5 Å². The monoisotopic (exact) mass is 431 g/mol. The van der Waals surface area contributed by atoms with Crippen LogP contribution in [0.1, 0.15) is 38.4 Å². The number of aliphatic carboxylic acids is 1. The van der Waals surface area contributed by atoms with Crippen molar-refractivity contribution in [3.63, 3.8) is 0 Å². The standard InChI is InChI=1S/C24H24FNO4.Na/c1-15(2)26-21-6-4-3-5-20(21)24(16-7-9-17(25)10-8-16)22(26)12-11-18(27)13-19(28)14-23(29)30;/h3-12,15,18,27H,13-14H2,1-2H3,(H,29,30);/q;+1/p-1. The molecule has 1 atom stereocenters. The third-order valence-corrected chi connectivity index (χ3v) is 4.85. The van der Waals surface area contributed by atoms with Crippen LogP contribution in [0.25, 0.3) is 28.1 Å². The predicted octanol–water partition coefficient (Wildman–Crippen LogP) is 0.506. The minimum atomic E-state index is -1.46. The van der Waals surface area contributed by atoms with Gasteiger partial charge in [-0.15, -0.1) is 0 Å². The number of carbonyl (C=O) groups is 2. The summed E-state index contributed by atoms with van der Waals surface area (Å²) in [6, 6.07) is 14.2. The van der Waals surface area contributed by atoms with Crippen molar-refractivity contribution in [2.45, 2.75) is 38.8 Å². The second-order valence-electron chi connectivity index (χ2n) is 7.47. The van der Waals surface area contributed by atoms with Crippen LogP contribution in [0.4, 0.5) is 4.39 Å². The Morgan fingerprint density at radius 1 is 1.13 bits per heavy atom. The van der Waals surface area contributed by atoms with Gasteiger partial charge in [0.1, 0.15) is 11.6 Å². The van der Waals surface area contributed by atoms with Gasteiger partial charge in [-0.25, -0.2) is 4.39 Å². The van der Waals surface area contributed by atoms with E-state index in [0.717, 1.165) is 27.7 Å². The van der Waals surface area contributed by atoms with Gasteiger partial charge in [-0.2, -0.15) is 0 Å². The molecule has 0 bridgehead atoms. The van der Waals surface area contributed by atoms with Crippen LogP contribution in [0.15, 0.2) is 54.6 Å². The molecule has 0 saturated carbocycles. The second-order valence-corrected chi connectivity index (χ2v) is 7.47. The second kappa shape index (κ2) is 10.9. The average Bonchev–Trinajstić information content (AvgIpc) is 3.00. The first-order chi connectivity index (χ1) is 14.3. The normalized spacial score (nSPS) is 12.3. The van der Waals surface area contributed by atoms with E-state index in [2.05, 4.69) is 4.57 Å². The number of carboxylic acids is 1. The van der Waals surface area contributed by atoms with Crippen molar-refractivity contribution in [2.75, 3.05) is 0 Å². The first-order valence-corrected chi connectivity index (χ1v) is 9.74. The number of benzene rings is 2. The minimum absolute atomic E-state index is 0. The molecule has 0 radical (unpaired) electrons. The van der Waals surface area contributed by atoms with E-state index in [0.29, 0.717) is 0 Å². The van der Waals surface area contributed by atoms with E-state index in [1.807, 2.05) is 38.1 Å². The number of ketones is 1. The molecule has 0 saturated heterocycles. The van der Waals surface area contributed by atoms with Gasteiger partial charge < -0.3 is 19.6 Å². The number of aromatic nitrogens is 1. The maximum Gasteiger partial charge on any atom is 1.00 e. The van der Waals surface area contributed by atoms with Crippen LogP contribution >= 0.6 is 0 Å². The van der Waals surface area contributed by atoms with Gasteiger partial charge in [-0.1, -0.05) is 36.4 Å². The van der Waals surface area contributed by atoms with Gasteiger partial charge in [0.25, 0.3) is 0 Å². The molecule has 1 unspecified atom stereocenters. The summed E-state index contributed by atoms with van der Waals surface area (Å²) in [4.78, 5) is 22.2. The number of aliphatic hydroxyl groups excluding tert-OH is 1. The van der Waals surface area contributed by atoms with Crippen LogP contribution in [-0.2, 0) is 9.59 Å². The van der Waals surface area contributed by atoms with Gasteiger partial charge in [0.15, 0.2) is 0 Å². The quantitative estimate of drug-likeness (QED) is 0.416. The first-order valence-electron chi connectivity index (χ1n) is 9.74. The number of fused-ring (bicyclic) bond motifs is 1. The van der Waals surface area contributed by atoms with E-state index in [1.165, 1.54) is 18.2 Å². The van der Waals surface area contributed by atoms with Crippen molar-refractivity contribution in [2.24, 2.45) is 0 Å². The molecule has 0 amide bonds. The van der Waals surface area contributed by atoms with Crippen LogP contribution in [0.2, 0.25) is 0 Å². The molecule has 0 aliphatic carbocycles. The molecule has 156 valence electrons. The Balaban J connectivity index is 0.00000341. The SMILES string of the molecule is CC(C)n1c(C=CC(O)CC(=O)CC(=O)[O-])c(-c2ccc(F)cc2)c2ccccc21.[Na+]. The molecule has 3 aromatic rings. The van der Waals surface area contributed by atoms with E-state index in [9.17, 15) is 24.2 Å². The molecule has 0 spiro atoms. The maximum atomic E-state index is 13.5. The molecule has 7 heteroatoms. The number of Topliss-reactive ketones (excluding diaryl/α,β-unsaturated/α-hetero) is 1. The third-order valence-electron chi connectivity index (χ3n) is 4.85. The summed E-state index contributed by atoms with van der Waals surface area (Å²) in [5.74, 6) is -2.39. The van der Waals surface area contributed by atoms with E-state index < -0.39 is 24.3 Å². The summed E-state index contributed by atoms with van der Waals surface area (Å²) < 4.78 is 15.6. The molecule has 0 fully saturated rings. The van der Waals surface area contributed by atoms with Crippen LogP contribution in [0, 0.1) is 5.82 Å². The molecular formula is C24H23FNNaO4. The number of hydrogen-bond acceptors (Lipinski definition) is 4. The van der Waals surface area contributed by atoms with Crippen LogP contribution in [0.3, 0.4) is 0 Å². The molecule has 2 aromatic carbocycles. The predicted molar refractivity (Wildman–Crippen MR) is 112 cm³/mol. The van der Waals surface area contributed by atoms with Crippen molar-refractivity contribution < 1.29 is 53.7 Å². The number of halogens is 1. The van der Waals surface area contributed by atoms with Gasteiger partial charge in [0.2, 0.25) is 0 Å². The molecule has 31 heavy (non-hydrogen) atoms. The van der Waals surface area contributed by atoms with Gasteiger partial charge >= 0.3 is 29.6 Å². The molecule has 1 heterocycles. The maximum absolute atomic E-state index is 13.5. The fraction of sp³-hybridized carbons (Fsp3) is 0.250. The largest absolute Gasteiger partial charge is 1.00 e. The smallest absolute Gasteiger partial charge is 0.550 e. The molecule has 0 aliphatic heterocycles. The zero-order valence-electron chi connectivity index (χ0n) is 17.8. The average molecular weight is 431 g/mol. The Morgan fingerprint density at radius 2 is 1.77 bits per heavy atom. The molecule has 1 N–H and O–H groups in total. The third kappa shape index (κ3) is 5.92. The fourth-order valence-corrected chi connectivity index (χ4v) is 3.66. The van der Waals surface area contributed by atoms with Crippen molar-refractivity contribution >= 4 is 28.7 Å². The zero-order chi connectivity index (χ0) is 21.8. The summed E-state index contributed by atoms with van der Waals surface area (Å²) in [6.07, 6.45) is 1.05. The Bertz CT molecular complexity index is 1100. The summed E-state index contributed by atoms with van der Waals surface area (Å²) in [7, 11) is 0. The number of carboxylic acid groups (broad SMARTS) is 1. The first kappa shape index (κ1) is 25.0. The van der Waals surface area contributed by atoms with E-state index in [4.69, 9.17) is 0 Å². The van der Waals surface area contributed by atoms with Gasteiger partial charge in [-0.3, -0.25) is 4.79 Å². The topological polar surface area (TPSA) is 82.4 Å². The zero-order valence-corrected chi connectivity index (χ0v) is 19.8. The van der Waals surface area contributed by atoms with E-state index in [-0.39, 0.29) is 47.8 Å². The summed E-state index contributed by atoms with van der Waals surface area (Å²) in [5, 5.41) is 21.8. The molecule has 0 aliphatic rings. The Kier molecular flexibility index (Phi) is 8.77. The number of para-hydroxylation sites is 1. The fourth-order valence-electron chi connectivity index (χ4n) is 3.66. The Hall–Kier alpha value is -2.25. The van der Waals surface area contributed by atoms with Crippen LogP contribution < -0.4 is 34.7 Å². The number of rotatable bonds is 8. The van der Waals surface area contributed by atoms with Crippen molar-refractivity contribution in [3.8, 4) is 11.1 Å². The Labute approximate surface area is 202 Å². The Morgan fingerprint density at radius 3 is 2.39 bits per heavy atom. The van der Waals surface area contributed by atoms with Gasteiger partial charge in [-0.05, 0) is 43.7 Å². The molecule has 5 nitrogen and oxygen atoms in total. The molecular weight excluding hydrogens is 408 g/mol. The summed E-state index contributed by atoms with van der Waals surface area (Å²) >= 11 is 0. The van der Waals surface area contributed by atoms with Crippen LogP contribution in [0.5, 0.6) is 0 Å².